The number of nitrogens with zero attached hydrogens (tertiary/aromatic N) is 1. The first-order valence-electron chi connectivity index (χ1n) is 6.74. The predicted molar refractivity (Wildman–Crippen MR) is 78.9 cm³/mol. The van der Waals surface area contributed by atoms with Crippen LogP contribution < -0.4 is 0 Å². The summed E-state index contributed by atoms with van der Waals surface area (Å²) < 4.78 is 0. The number of nitrogens with one attached hydrogen (secondary N) is 1. The lowest BCUT2D eigenvalue weighted by molar-refractivity contribution is 0.0977. The maximum absolute atomic E-state index is 12.7. The zero-order valence-corrected chi connectivity index (χ0v) is 11.7. The molecule has 1 N–H and O–H groups in total. The van der Waals surface area contributed by atoms with Crippen LogP contribution in [0.1, 0.15) is 43.1 Å². The van der Waals surface area contributed by atoms with Gasteiger partial charge in [-0.05, 0) is 43.2 Å². The van der Waals surface area contributed by atoms with E-state index >= 15 is 0 Å². The zero-order chi connectivity index (χ0) is 14.7. The van der Waals surface area contributed by atoms with Crippen LogP contribution in [0.5, 0.6) is 0 Å². The van der Waals surface area contributed by atoms with Crippen LogP contribution >= 0.6 is 0 Å². The fraction of sp³-hybridized carbons (Fsp3) is 0.118. The third-order valence-corrected chi connectivity index (χ3v) is 4.18. The van der Waals surface area contributed by atoms with E-state index in [-0.39, 0.29) is 11.6 Å². The van der Waals surface area contributed by atoms with Gasteiger partial charge in [-0.25, -0.2) is 0 Å². The van der Waals surface area contributed by atoms with E-state index in [0.717, 1.165) is 22.0 Å². The number of carbonyl (C=O) groups is 2. The minimum absolute atomic E-state index is 0.137. The molecule has 1 aromatic carbocycles. The molecule has 0 saturated heterocycles. The largest absolute Gasteiger partial charge is 0.351 e. The Balaban J connectivity index is 2.11. The molecule has 0 atom stereocenters. The molecule has 4 nitrogen and oxygen atoms in total. The van der Waals surface area contributed by atoms with Gasteiger partial charge >= 0.3 is 0 Å². The molecule has 0 spiro atoms. The number of H-pyrrole nitrogens is 1. The SMILES string of the molecule is Cc1cc2[nH]c3c(c2cc1C)C(=O)c1cnccc1C3=O. The van der Waals surface area contributed by atoms with Crippen LogP contribution in [0.2, 0.25) is 0 Å². The van der Waals surface area contributed by atoms with E-state index in [2.05, 4.69) is 9.97 Å². The van der Waals surface area contributed by atoms with Crippen molar-refractivity contribution in [3.63, 3.8) is 0 Å². The number of ketones is 2. The summed E-state index contributed by atoms with van der Waals surface area (Å²) in [6.45, 7) is 4.01. The lowest BCUT2D eigenvalue weighted by Crippen LogP contribution is -2.20. The molecule has 0 radical (unpaired) electrons. The van der Waals surface area contributed by atoms with Gasteiger partial charge in [0.05, 0.1) is 16.8 Å². The number of carbonyl (C=O) groups excluding carboxylic acids is 2. The van der Waals surface area contributed by atoms with E-state index in [9.17, 15) is 9.59 Å². The van der Waals surface area contributed by atoms with Gasteiger partial charge in [-0.15, -0.1) is 0 Å². The molecule has 3 aromatic rings. The molecule has 0 unspecified atom stereocenters. The lowest BCUT2D eigenvalue weighted by Gasteiger charge is -2.13. The normalized spacial score (nSPS) is 13.4. The van der Waals surface area contributed by atoms with Crippen LogP contribution in [0.15, 0.2) is 30.6 Å². The van der Waals surface area contributed by atoms with Gasteiger partial charge in [0.25, 0.3) is 0 Å². The van der Waals surface area contributed by atoms with Crippen molar-refractivity contribution in [2.75, 3.05) is 0 Å². The monoisotopic (exact) mass is 276 g/mol. The maximum atomic E-state index is 12.7. The average molecular weight is 276 g/mol. The van der Waals surface area contributed by atoms with Gasteiger partial charge in [-0.3, -0.25) is 14.6 Å². The number of pyridine rings is 1. The van der Waals surface area contributed by atoms with Crippen molar-refractivity contribution >= 4 is 22.5 Å². The third-order valence-electron chi connectivity index (χ3n) is 4.18. The molecule has 1 aliphatic rings. The van der Waals surface area contributed by atoms with Crippen molar-refractivity contribution in [2.45, 2.75) is 13.8 Å². The molecule has 4 rings (SSSR count). The molecule has 102 valence electrons. The van der Waals surface area contributed by atoms with Crippen LogP contribution in [0, 0.1) is 13.8 Å². The summed E-state index contributed by atoms with van der Waals surface area (Å²) in [5, 5.41) is 0.806. The van der Waals surface area contributed by atoms with Gasteiger partial charge in [0.2, 0.25) is 5.78 Å². The Labute approximate surface area is 120 Å². The average Bonchev–Trinajstić information content (AvgIpc) is 2.84. The smallest absolute Gasteiger partial charge is 0.210 e. The number of rotatable bonds is 0. The molecule has 0 fully saturated rings. The Morgan fingerprint density at radius 2 is 1.76 bits per heavy atom. The van der Waals surface area contributed by atoms with Crippen LogP contribution in [0.25, 0.3) is 10.9 Å². The molecule has 0 bridgehead atoms. The summed E-state index contributed by atoms with van der Waals surface area (Å²) in [6, 6.07) is 5.54. The molecular formula is C17H12N2O2. The Bertz CT molecular complexity index is 951. The van der Waals surface area contributed by atoms with E-state index in [1.54, 1.807) is 6.07 Å². The fourth-order valence-electron chi connectivity index (χ4n) is 2.91. The summed E-state index contributed by atoms with van der Waals surface area (Å²) >= 11 is 0. The topological polar surface area (TPSA) is 62.8 Å². The van der Waals surface area contributed by atoms with E-state index in [1.807, 2.05) is 26.0 Å². The molecular weight excluding hydrogens is 264 g/mol. The van der Waals surface area contributed by atoms with Gasteiger partial charge in [0.15, 0.2) is 5.78 Å². The first-order valence-corrected chi connectivity index (χ1v) is 6.74. The van der Waals surface area contributed by atoms with Crippen LogP contribution in [0.3, 0.4) is 0 Å². The molecule has 4 heteroatoms. The summed E-state index contributed by atoms with van der Waals surface area (Å²) in [4.78, 5) is 32.4. The number of aromatic amines is 1. The Morgan fingerprint density at radius 1 is 1.00 bits per heavy atom. The summed E-state index contributed by atoms with van der Waals surface area (Å²) in [6.07, 6.45) is 3.00. The Hall–Kier alpha value is -2.75. The number of fused-ring (bicyclic) bond motifs is 4. The second kappa shape index (κ2) is 3.88. The number of hydrogen-bond acceptors (Lipinski definition) is 3. The second-order valence-corrected chi connectivity index (χ2v) is 5.44. The van der Waals surface area contributed by atoms with Crippen molar-refractivity contribution in [1.82, 2.24) is 9.97 Å². The third kappa shape index (κ3) is 1.47. The van der Waals surface area contributed by atoms with Crippen molar-refractivity contribution in [3.05, 3.63) is 64.1 Å². The predicted octanol–water partition coefficient (Wildman–Crippen LogP) is 2.96. The van der Waals surface area contributed by atoms with E-state index in [4.69, 9.17) is 0 Å². The summed E-state index contributed by atoms with van der Waals surface area (Å²) in [5.74, 6) is -0.282. The van der Waals surface area contributed by atoms with Crippen LogP contribution in [-0.2, 0) is 0 Å². The number of aromatic nitrogens is 2. The fourth-order valence-corrected chi connectivity index (χ4v) is 2.91. The first kappa shape index (κ1) is 12.0. The van der Waals surface area contributed by atoms with Gasteiger partial charge < -0.3 is 4.98 Å². The Morgan fingerprint density at radius 3 is 2.57 bits per heavy atom. The lowest BCUT2D eigenvalue weighted by atomic mass is 9.88. The minimum atomic E-state index is -0.145. The number of aryl methyl sites for hydroxylation is 2. The van der Waals surface area contributed by atoms with Crippen molar-refractivity contribution in [1.29, 1.82) is 0 Å². The molecule has 0 saturated carbocycles. The highest BCUT2D eigenvalue weighted by Crippen LogP contribution is 2.33. The highest BCUT2D eigenvalue weighted by atomic mass is 16.1. The summed E-state index contributed by atoms with van der Waals surface area (Å²) in [7, 11) is 0. The van der Waals surface area contributed by atoms with Crippen molar-refractivity contribution in [3.8, 4) is 0 Å². The molecule has 1 aliphatic carbocycles. The highest BCUT2D eigenvalue weighted by molar-refractivity contribution is 6.31. The number of benzene rings is 1. The molecule has 2 aromatic heterocycles. The van der Waals surface area contributed by atoms with E-state index in [0.29, 0.717) is 22.4 Å². The first-order chi connectivity index (χ1) is 10.1. The van der Waals surface area contributed by atoms with E-state index in [1.165, 1.54) is 12.4 Å². The van der Waals surface area contributed by atoms with Crippen LogP contribution in [-0.4, -0.2) is 21.5 Å². The summed E-state index contributed by atoms with van der Waals surface area (Å²) in [5.41, 5.74) is 4.71. The van der Waals surface area contributed by atoms with Crippen molar-refractivity contribution < 1.29 is 9.59 Å². The zero-order valence-electron chi connectivity index (χ0n) is 11.7. The van der Waals surface area contributed by atoms with Crippen molar-refractivity contribution in [2.24, 2.45) is 0 Å². The molecule has 21 heavy (non-hydrogen) atoms. The van der Waals surface area contributed by atoms with Gasteiger partial charge in [0.1, 0.15) is 0 Å². The van der Waals surface area contributed by atoms with Gasteiger partial charge in [0, 0.05) is 28.9 Å². The van der Waals surface area contributed by atoms with E-state index < -0.39 is 0 Å². The second-order valence-electron chi connectivity index (χ2n) is 5.44. The minimum Gasteiger partial charge on any atom is -0.351 e. The maximum Gasteiger partial charge on any atom is 0.210 e. The molecule has 0 amide bonds. The Kier molecular flexibility index (Phi) is 2.22. The van der Waals surface area contributed by atoms with Gasteiger partial charge in [-0.2, -0.15) is 0 Å². The molecule has 0 aliphatic heterocycles. The standard InChI is InChI=1S/C17H12N2O2/c1-8-5-11-13(6-9(8)2)19-15-14(11)16(20)12-7-18-4-3-10(12)17(15)21/h3-7,19H,1-2H3. The highest BCUT2D eigenvalue weighted by Gasteiger charge is 2.33. The quantitative estimate of drug-likeness (QED) is 0.537. The number of hydrogen-bond donors (Lipinski definition) is 1. The van der Waals surface area contributed by atoms with Gasteiger partial charge in [-0.1, -0.05) is 0 Å². The van der Waals surface area contributed by atoms with Crippen LogP contribution in [0.4, 0.5) is 0 Å². The molecule has 2 heterocycles.